The lowest BCUT2D eigenvalue weighted by molar-refractivity contribution is -0.153. The van der Waals surface area contributed by atoms with Crippen LogP contribution in [0.25, 0.3) is 17.0 Å². The fraction of sp³-hybridized carbons (Fsp3) is 0.607. The van der Waals surface area contributed by atoms with E-state index in [0.29, 0.717) is 72.0 Å². The summed E-state index contributed by atoms with van der Waals surface area (Å²) in [5.74, 6) is 1.17. The summed E-state index contributed by atoms with van der Waals surface area (Å²) in [6.07, 6.45) is -0.800. The fourth-order valence-electron chi connectivity index (χ4n) is 5.56. The molecule has 218 valence electrons. The molecule has 3 aliphatic rings. The maximum absolute atomic E-state index is 13.2. The van der Waals surface area contributed by atoms with Crippen LogP contribution in [0.2, 0.25) is 0 Å². The third-order valence-corrected chi connectivity index (χ3v) is 8.45. The molecule has 0 radical (unpaired) electrons. The summed E-state index contributed by atoms with van der Waals surface area (Å²) in [5.41, 5.74) is 0.399. The average molecular weight is 628 g/mol. The second-order valence-electron chi connectivity index (χ2n) is 11.9. The van der Waals surface area contributed by atoms with Crippen molar-refractivity contribution >= 4 is 44.8 Å². The van der Waals surface area contributed by atoms with Crippen LogP contribution in [-0.4, -0.2) is 78.7 Å². The molecule has 5 rings (SSSR count). The number of fused-ring (bicyclic) bond motifs is 1. The first-order valence-electron chi connectivity index (χ1n) is 13.4. The predicted octanol–water partition coefficient (Wildman–Crippen LogP) is 6.32. The van der Waals surface area contributed by atoms with Crippen LogP contribution >= 0.6 is 15.9 Å². The van der Waals surface area contributed by atoms with Crippen LogP contribution in [0.5, 0.6) is 5.75 Å². The maximum Gasteiger partial charge on any atom is 0.422 e. The largest absolute Gasteiger partial charge is 0.481 e. The molecule has 0 saturated carbocycles. The van der Waals surface area contributed by atoms with Gasteiger partial charge in [-0.2, -0.15) is 13.2 Å². The molecule has 12 heteroatoms. The van der Waals surface area contributed by atoms with Gasteiger partial charge in [0.2, 0.25) is 0 Å². The van der Waals surface area contributed by atoms with Crippen molar-refractivity contribution in [3.05, 3.63) is 28.5 Å². The zero-order valence-corrected chi connectivity index (χ0v) is 24.5. The molecule has 0 bridgehead atoms. The molecule has 40 heavy (non-hydrogen) atoms. The summed E-state index contributed by atoms with van der Waals surface area (Å²) in [5, 5.41) is 0.609. The number of ether oxygens (including phenoxy) is 3. The van der Waals surface area contributed by atoms with Crippen molar-refractivity contribution in [3.63, 3.8) is 0 Å². The number of halogens is 4. The van der Waals surface area contributed by atoms with E-state index in [2.05, 4.69) is 27.4 Å². The zero-order chi connectivity index (χ0) is 28.9. The van der Waals surface area contributed by atoms with Crippen molar-refractivity contribution in [1.29, 1.82) is 0 Å². The smallest absolute Gasteiger partial charge is 0.422 e. The number of carbonyl (C=O) groups excluding carboxylic acids is 1. The third-order valence-electron chi connectivity index (χ3n) is 7.63. The molecule has 3 fully saturated rings. The Balaban J connectivity index is 1.45. The number of likely N-dealkylation sites (tertiary alicyclic amines) is 1. The lowest BCUT2D eigenvalue weighted by Gasteiger charge is -2.53. The summed E-state index contributed by atoms with van der Waals surface area (Å²) in [7, 11) is 0. The van der Waals surface area contributed by atoms with Gasteiger partial charge in [0, 0.05) is 49.5 Å². The lowest BCUT2D eigenvalue weighted by Crippen LogP contribution is -2.62. The maximum atomic E-state index is 13.2. The van der Waals surface area contributed by atoms with E-state index in [4.69, 9.17) is 24.2 Å². The van der Waals surface area contributed by atoms with E-state index in [9.17, 15) is 18.0 Å². The van der Waals surface area contributed by atoms with Gasteiger partial charge in [0.05, 0.1) is 11.1 Å². The van der Waals surface area contributed by atoms with E-state index in [-0.39, 0.29) is 23.2 Å². The molecule has 0 N–H and O–H groups in total. The minimum atomic E-state index is -4.51. The molecule has 1 aromatic carbocycles. The van der Waals surface area contributed by atoms with Gasteiger partial charge in [-0.15, -0.1) is 0 Å². The van der Waals surface area contributed by atoms with E-state index in [1.165, 1.54) is 0 Å². The number of piperidine rings is 1. The van der Waals surface area contributed by atoms with E-state index < -0.39 is 18.4 Å². The van der Waals surface area contributed by atoms with Crippen LogP contribution in [0, 0.1) is 5.41 Å². The van der Waals surface area contributed by atoms with Crippen LogP contribution in [0.15, 0.2) is 17.1 Å². The first-order valence-corrected chi connectivity index (χ1v) is 14.2. The molecule has 1 amide bonds. The Morgan fingerprint density at radius 3 is 2.52 bits per heavy atom. The average Bonchev–Trinajstić information content (AvgIpc) is 3.39. The lowest BCUT2D eigenvalue weighted by atomic mass is 9.72. The summed E-state index contributed by atoms with van der Waals surface area (Å²) >= 11 is 3.42. The van der Waals surface area contributed by atoms with Gasteiger partial charge >= 0.3 is 12.3 Å². The normalized spacial score (nSPS) is 21.0. The SMILES string of the molecule is C=Cc1cc2c(N3CCC4(CC3)CN(C(=O)OC(C)(C)C)C4)nc(C3CCOC3)nc2c(OCC(F)(F)F)c1Br. The van der Waals surface area contributed by atoms with Gasteiger partial charge in [0.25, 0.3) is 0 Å². The number of carbonyl (C=O) groups is 1. The molecule has 4 heterocycles. The van der Waals surface area contributed by atoms with E-state index in [0.717, 1.165) is 19.3 Å². The van der Waals surface area contributed by atoms with Crippen molar-refractivity contribution in [2.45, 2.75) is 57.7 Å². The van der Waals surface area contributed by atoms with Crippen molar-refractivity contribution in [2.75, 3.05) is 50.9 Å². The highest BCUT2D eigenvalue weighted by Gasteiger charge is 2.48. The topological polar surface area (TPSA) is 77.0 Å². The summed E-state index contributed by atoms with van der Waals surface area (Å²) in [4.78, 5) is 26.1. The number of benzene rings is 1. The van der Waals surface area contributed by atoms with E-state index in [1.54, 1.807) is 11.0 Å². The summed E-state index contributed by atoms with van der Waals surface area (Å²) < 4.78 is 56.3. The van der Waals surface area contributed by atoms with Gasteiger partial charge in [-0.25, -0.2) is 14.8 Å². The van der Waals surface area contributed by atoms with Gasteiger partial charge in [0.15, 0.2) is 12.4 Å². The molecule has 1 atom stereocenters. The second kappa shape index (κ2) is 10.7. The minimum Gasteiger partial charge on any atom is -0.481 e. The molecule has 1 unspecified atom stereocenters. The number of aromatic nitrogens is 2. The molecule has 0 aliphatic carbocycles. The highest BCUT2D eigenvalue weighted by atomic mass is 79.9. The monoisotopic (exact) mass is 626 g/mol. The predicted molar refractivity (Wildman–Crippen MR) is 149 cm³/mol. The van der Waals surface area contributed by atoms with Crippen LogP contribution in [-0.2, 0) is 9.47 Å². The van der Waals surface area contributed by atoms with Crippen molar-refractivity contribution in [1.82, 2.24) is 14.9 Å². The van der Waals surface area contributed by atoms with Crippen molar-refractivity contribution in [2.24, 2.45) is 5.41 Å². The van der Waals surface area contributed by atoms with Gasteiger partial charge in [-0.1, -0.05) is 12.7 Å². The molecule has 2 aromatic rings. The number of alkyl halides is 3. The third kappa shape index (κ3) is 6.02. The number of hydrogen-bond donors (Lipinski definition) is 0. The number of amides is 1. The first kappa shape index (κ1) is 28.9. The molecule has 1 aromatic heterocycles. The van der Waals surface area contributed by atoms with Crippen molar-refractivity contribution < 1.29 is 32.2 Å². The quantitative estimate of drug-likeness (QED) is 0.384. The summed E-state index contributed by atoms with van der Waals surface area (Å²) in [6, 6.07) is 1.84. The number of hydrogen-bond acceptors (Lipinski definition) is 7. The van der Waals surface area contributed by atoms with Gasteiger partial charge in [0.1, 0.15) is 22.8 Å². The van der Waals surface area contributed by atoms with Crippen LogP contribution < -0.4 is 9.64 Å². The molecular formula is C28H34BrF3N4O4. The van der Waals surface area contributed by atoms with Gasteiger partial charge in [-0.3, -0.25) is 0 Å². The summed E-state index contributed by atoms with van der Waals surface area (Å²) in [6.45, 7) is 11.7. The Labute approximate surface area is 240 Å². The minimum absolute atomic E-state index is 0.0222. The fourth-order valence-corrected chi connectivity index (χ4v) is 6.14. The van der Waals surface area contributed by atoms with E-state index >= 15 is 0 Å². The van der Waals surface area contributed by atoms with Gasteiger partial charge < -0.3 is 24.0 Å². The standard InChI is InChI=1S/C28H34BrF3N4O4/c1-5-17-12-19-21(22(20(17)29)39-16-28(30,31)32)33-23(18-6-11-38-13-18)34-24(19)35-9-7-27(8-10-35)14-36(15-27)25(37)40-26(2,3)4/h5,12,18H,1,6-11,13-16H2,2-4H3. The van der Waals surface area contributed by atoms with Gasteiger partial charge in [-0.05, 0) is 67.6 Å². The number of anilines is 1. The zero-order valence-electron chi connectivity index (χ0n) is 22.9. The second-order valence-corrected chi connectivity index (χ2v) is 12.7. The molecule has 1 spiro atoms. The van der Waals surface area contributed by atoms with E-state index in [1.807, 2.05) is 26.8 Å². The molecule has 3 saturated heterocycles. The highest BCUT2D eigenvalue weighted by Crippen LogP contribution is 2.45. The number of nitrogens with zero attached hydrogens (tertiary/aromatic N) is 4. The Morgan fingerprint density at radius 2 is 1.95 bits per heavy atom. The Hall–Kier alpha value is -2.60. The molecular weight excluding hydrogens is 593 g/mol. The van der Waals surface area contributed by atoms with Crippen molar-refractivity contribution in [3.8, 4) is 5.75 Å². The molecule has 3 aliphatic heterocycles. The Bertz CT molecular complexity index is 1290. The Morgan fingerprint density at radius 1 is 1.25 bits per heavy atom. The molecule has 8 nitrogen and oxygen atoms in total. The highest BCUT2D eigenvalue weighted by molar-refractivity contribution is 9.10. The van der Waals surface area contributed by atoms with Crippen LogP contribution in [0.3, 0.4) is 0 Å². The first-order chi connectivity index (χ1) is 18.8. The Kier molecular flexibility index (Phi) is 7.71. The van der Waals surface area contributed by atoms with Crippen LogP contribution in [0.4, 0.5) is 23.8 Å². The van der Waals surface area contributed by atoms with Crippen LogP contribution in [0.1, 0.15) is 57.3 Å². The number of rotatable bonds is 5.